The van der Waals surface area contributed by atoms with Gasteiger partial charge in [0.2, 0.25) is 0 Å². The predicted molar refractivity (Wildman–Crippen MR) is 64.3 cm³/mol. The van der Waals surface area contributed by atoms with Gasteiger partial charge in [0, 0.05) is 45.3 Å². The first-order valence-corrected chi connectivity index (χ1v) is 7.15. The highest BCUT2D eigenvalue weighted by atomic mass is 127. The largest absolute Gasteiger partial charge is 0.358 e. The molecule has 0 aromatic heterocycles. The molecule has 0 heterocycles. The molecule has 0 unspecified atom stereocenters. The van der Waals surface area contributed by atoms with Gasteiger partial charge in [-0.3, -0.25) is 0 Å². The van der Waals surface area contributed by atoms with Crippen LogP contribution in [0.5, 0.6) is 0 Å². The predicted octanol–water partition coefficient (Wildman–Crippen LogP) is 4.99. The Kier molecular flexibility index (Phi) is 4.45. The highest BCUT2D eigenvalue weighted by Gasteiger charge is 2.76. The first-order valence-electron chi connectivity index (χ1n) is 4.55. The Hall–Kier alpha value is 0.900. The van der Waals surface area contributed by atoms with Gasteiger partial charge < -0.3 is 0 Å². The summed E-state index contributed by atoms with van der Waals surface area (Å²) in [5, 5.41) is 0. The smallest absolute Gasteiger partial charge is 0.200 e. The molecule has 0 aliphatic heterocycles. The Balaban J connectivity index is 3.20. The molecule has 108 valence electrons. The summed E-state index contributed by atoms with van der Waals surface area (Å²) in [4.78, 5) is 0. The van der Waals surface area contributed by atoms with Crippen molar-refractivity contribution in [2.75, 3.05) is 4.43 Å². The lowest BCUT2D eigenvalue weighted by molar-refractivity contribution is -0.207. The normalized spacial score (nSPS) is 31.7. The van der Waals surface area contributed by atoms with Gasteiger partial charge in [0.1, 0.15) is 0 Å². The summed E-state index contributed by atoms with van der Waals surface area (Å²) in [5.41, 5.74) is 0. The molecule has 0 amide bonds. The molecule has 0 saturated heterocycles. The summed E-state index contributed by atoms with van der Waals surface area (Å²) >= 11 is 1.30. The van der Waals surface area contributed by atoms with Crippen LogP contribution in [0.25, 0.3) is 0 Å². The van der Waals surface area contributed by atoms with Gasteiger partial charge in [-0.15, -0.1) is 0 Å². The van der Waals surface area contributed by atoms with E-state index in [1.165, 1.54) is 22.6 Å². The molecule has 1 fully saturated rings. The molecular weight excluding hydrogens is 502 g/mol. The fraction of sp³-hybridized carbons (Fsp3) is 1.00. The fourth-order valence-electron chi connectivity index (χ4n) is 1.87. The van der Waals surface area contributed by atoms with Gasteiger partial charge in [0.15, 0.2) is 0 Å². The van der Waals surface area contributed by atoms with Gasteiger partial charge in [-0.25, -0.2) is 0 Å². The SMILES string of the molecule is FC(F)(I)C(F)(F)[C@H]1CC(F)(F)C(F)(F)[C@@H]1CI. The van der Waals surface area contributed by atoms with Crippen LogP contribution < -0.4 is 0 Å². The highest BCUT2D eigenvalue weighted by molar-refractivity contribution is 14.1. The first kappa shape index (κ1) is 17.0. The quantitative estimate of drug-likeness (QED) is 0.287. The van der Waals surface area contributed by atoms with E-state index in [4.69, 9.17) is 0 Å². The third kappa shape index (κ3) is 2.43. The number of alkyl halides is 10. The molecular formula is C8H6F8I2. The molecule has 1 saturated carbocycles. The summed E-state index contributed by atoms with van der Waals surface area (Å²) in [6.45, 7) is 0. The summed E-state index contributed by atoms with van der Waals surface area (Å²) in [7, 11) is 0. The Bertz CT molecular complexity index is 324. The third-order valence-electron chi connectivity index (χ3n) is 2.93. The Morgan fingerprint density at radius 3 is 1.83 bits per heavy atom. The first-order chi connectivity index (χ1) is 7.79. The lowest BCUT2D eigenvalue weighted by Gasteiger charge is -2.31. The zero-order valence-corrected chi connectivity index (χ0v) is 12.7. The fourth-order valence-corrected chi connectivity index (χ4v) is 3.44. The van der Waals surface area contributed by atoms with Crippen LogP contribution in [0.3, 0.4) is 0 Å². The molecule has 10 heteroatoms. The zero-order chi connectivity index (χ0) is 14.6. The molecule has 0 spiro atoms. The minimum Gasteiger partial charge on any atom is -0.200 e. The maximum atomic E-state index is 13.3. The maximum absolute atomic E-state index is 13.3. The highest BCUT2D eigenvalue weighted by Crippen LogP contribution is 2.61. The molecule has 0 aromatic rings. The lowest BCUT2D eigenvalue weighted by Crippen LogP contribution is -2.46. The van der Waals surface area contributed by atoms with E-state index < -0.39 is 44.4 Å². The van der Waals surface area contributed by atoms with Crippen molar-refractivity contribution in [3.05, 3.63) is 0 Å². The van der Waals surface area contributed by atoms with Crippen molar-refractivity contribution >= 4 is 45.2 Å². The molecule has 18 heavy (non-hydrogen) atoms. The van der Waals surface area contributed by atoms with Gasteiger partial charge in [0.05, 0.1) is 0 Å². The molecule has 0 aromatic carbocycles. The van der Waals surface area contributed by atoms with Crippen LogP contribution in [0.1, 0.15) is 6.42 Å². The van der Waals surface area contributed by atoms with E-state index in [1.807, 2.05) is 0 Å². The average molecular weight is 508 g/mol. The van der Waals surface area contributed by atoms with Crippen LogP contribution in [-0.4, -0.2) is 26.1 Å². The van der Waals surface area contributed by atoms with Gasteiger partial charge in [0.25, 0.3) is 0 Å². The standard InChI is InChI=1S/C8H6F8I2/c9-5(10)1-3(4(2-17)6(5,11)12)7(13,14)8(15,16)18/h3-4H,1-2H2/t3-,4+/m0/s1. The van der Waals surface area contributed by atoms with Crippen LogP contribution in [0.4, 0.5) is 35.1 Å². The second-order valence-electron chi connectivity index (χ2n) is 4.02. The molecule has 0 radical (unpaired) electrons. The van der Waals surface area contributed by atoms with Crippen molar-refractivity contribution in [2.45, 2.75) is 28.1 Å². The van der Waals surface area contributed by atoms with Gasteiger partial charge in [-0.2, -0.15) is 35.1 Å². The van der Waals surface area contributed by atoms with E-state index in [9.17, 15) is 35.1 Å². The van der Waals surface area contributed by atoms with E-state index in [0.29, 0.717) is 0 Å². The van der Waals surface area contributed by atoms with Crippen molar-refractivity contribution in [1.29, 1.82) is 0 Å². The molecule has 0 bridgehead atoms. The zero-order valence-electron chi connectivity index (χ0n) is 8.35. The van der Waals surface area contributed by atoms with Gasteiger partial charge in [-0.05, 0) is 0 Å². The summed E-state index contributed by atoms with van der Waals surface area (Å²) in [6.07, 6.45) is -1.95. The Morgan fingerprint density at radius 2 is 1.50 bits per heavy atom. The lowest BCUT2D eigenvalue weighted by atomic mass is 9.90. The second kappa shape index (κ2) is 4.72. The van der Waals surface area contributed by atoms with Crippen molar-refractivity contribution in [1.82, 2.24) is 0 Å². The van der Waals surface area contributed by atoms with Gasteiger partial charge >= 0.3 is 21.7 Å². The van der Waals surface area contributed by atoms with E-state index in [1.54, 1.807) is 0 Å². The summed E-state index contributed by atoms with van der Waals surface area (Å²) in [5.74, 6) is -19.6. The van der Waals surface area contributed by atoms with Crippen LogP contribution in [0, 0.1) is 11.8 Å². The number of rotatable bonds is 3. The van der Waals surface area contributed by atoms with Crippen LogP contribution >= 0.6 is 45.2 Å². The number of hydrogen-bond acceptors (Lipinski definition) is 0. The van der Waals surface area contributed by atoms with E-state index in [-0.39, 0.29) is 22.6 Å². The third-order valence-corrected chi connectivity index (χ3v) is 4.59. The van der Waals surface area contributed by atoms with Crippen molar-refractivity contribution in [3.8, 4) is 0 Å². The molecule has 1 aliphatic carbocycles. The monoisotopic (exact) mass is 508 g/mol. The topological polar surface area (TPSA) is 0 Å². The van der Waals surface area contributed by atoms with Crippen LogP contribution in [-0.2, 0) is 0 Å². The molecule has 0 N–H and O–H groups in total. The Labute approximate surface area is 124 Å². The minimum atomic E-state index is -4.91. The number of halogens is 10. The second-order valence-corrected chi connectivity index (χ2v) is 6.26. The van der Waals surface area contributed by atoms with Crippen molar-refractivity contribution in [3.63, 3.8) is 0 Å². The maximum Gasteiger partial charge on any atom is 0.358 e. The van der Waals surface area contributed by atoms with Crippen LogP contribution in [0.15, 0.2) is 0 Å². The van der Waals surface area contributed by atoms with E-state index in [2.05, 4.69) is 0 Å². The summed E-state index contributed by atoms with van der Waals surface area (Å²) < 4.78 is 99.1. The van der Waals surface area contributed by atoms with Crippen LogP contribution in [0.2, 0.25) is 0 Å². The molecule has 2 atom stereocenters. The number of hydrogen-bond donors (Lipinski definition) is 0. The van der Waals surface area contributed by atoms with E-state index >= 15 is 0 Å². The average Bonchev–Trinajstić information content (AvgIpc) is 2.32. The molecule has 0 nitrogen and oxygen atoms in total. The molecule has 1 rings (SSSR count). The van der Waals surface area contributed by atoms with E-state index in [0.717, 1.165) is 0 Å². The van der Waals surface area contributed by atoms with Crippen molar-refractivity contribution in [2.24, 2.45) is 11.8 Å². The molecule has 1 aliphatic rings. The minimum absolute atomic E-state index is 0.0835. The Morgan fingerprint density at radius 1 is 1.06 bits per heavy atom. The summed E-state index contributed by atoms with van der Waals surface area (Å²) in [6, 6.07) is 0. The van der Waals surface area contributed by atoms with Crippen molar-refractivity contribution < 1.29 is 35.1 Å². The van der Waals surface area contributed by atoms with Gasteiger partial charge in [-0.1, -0.05) is 22.6 Å².